The lowest BCUT2D eigenvalue weighted by molar-refractivity contribution is 0.345. The number of benzene rings is 2. The van der Waals surface area contributed by atoms with Gasteiger partial charge >= 0.3 is 0 Å². The lowest BCUT2D eigenvalue weighted by atomic mass is 10.1. The zero-order valence-electron chi connectivity index (χ0n) is 18.7. The molecule has 6 nitrogen and oxygen atoms in total. The van der Waals surface area contributed by atoms with Crippen LogP contribution in [0.15, 0.2) is 47.5 Å². The van der Waals surface area contributed by atoms with Crippen LogP contribution in [0.2, 0.25) is 0 Å². The van der Waals surface area contributed by atoms with Crippen LogP contribution < -0.4 is 20.1 Å². The first-order valence-corrected chi connectivity index (χ1v) is 10.1. The molecule has 0 heterocycles. The van der Waals surface area contributed by atoms with E-state index in [-0.39, 0.29) is 24.0 Å². The predicted octanol–water partition coefficient (Wildman–Crippen LogP) is 4.03. The summed E-state index contributed by atoms with van der Waals surface area (Å²) in [5, 5.41) is 6.69. The number of methoxy groups -OCH3 is 2. The van der Waals surface area contributed by atoms with Gasteiger partial charge in [-0.3, -0.25) is 0 Å². The summed E-state index contributed by atoms with van der Waals surface area (Å²) in [4.78, 5) is 7.03. The van der Waals surface area contributed by atoms with Crippen LogP contribution >= 0.6 is 24.0 Å². The molecule has 2 rings (SSSR count). The molecule has 2 aromatic rings. The van der Waals surface area contributed by atoms with Gasteiger partial charge in [0.1, 0.15) is 11.5 Å². The number of nitrogens with zero attached hydrogens (tertiary/aromatic N) is 2. The normalized spacial score (nSPS) is 11.1. The lowest BCUT2D eigenvalue weighted by Gasteiger charge is -2.15. The van der Waals surface area contributed by atoms with E-state index in [1.165, 1.54) is 11.1 Å². The van der Waals surface area contributed by atoms with Gasteiger partial charge in [-0.2, -0.15) is 0 Å². The maximum atomic E-state index is 5.48. The number of hydrogen-bond acceptors (Lipinski definition) is 4. The van der Waals surface area contributed by atoms with Gasteiger partial charge in [-0.1, -0.05) is 31.2 Å². The van der Waals surface area contributed by atoms with Crippen molar-refractivity contribution in [2.24, 2.45) is 4.99 Å². The molecule has 0 saturated carbocycles. The molecule has 0 aliphatic carbocycles. The number of rotatable bonds is 10. The first-order chi connectivity index (χ1) is 14.1. The fourth-order valence-corrected chi connectivity index (χ4v) is 2.94. The summed E-state index contributed by atoms with van der Waals surface area (Å²) < 4.78 is 10.7. The maximum absolute atomic E-state index is 5.48. The Balaban J connectivity index is 0.00000450. The Hall–Kier alpha value is -2.00. The smallest absolute Gasteiger partial charge is 0.191 e. The molecule has 0 amide bonds. The summed E-state index contributed by atoms with van der Waals surface area (Å²) in [5.41, 5.74) is 3.55. The average molecular weight is 526 g/mol. The monoisotopic (exact) mass is 526 g/mol. The topological polar surface area (TPSA) is 58.1 Å². The highest BCUT2D eigenvalue weighted by atomic mass is 127. The van der Waals surface area contributed by atoms with E-state index >= 15 is 0 Å². The Morgan fingerprint density at radius 3 is 2.43 bits per heavy atom. The molecule has 0 fully saturated rings. The molecule has 0 saturated heterocycles. The molecule has 0 spiro atoms. The maximum Gasteiger partial charge on any atom is 0.191 e. The van der Waals surface area contributed by atoms with Crippen LogP contribution in [0.25, 0.3) is 0 Å². The standard InChI is InChI=1S/C23H34N4O2.HI/c1-6-24-23(26-16-20-11-12-21(28-4)14-22(20)29-5)25-15-18-9-8-10-19(13-18)17-27(3)7-2;/h8-14H,6-7,15-17H2,1-5H3,(H2,24,25,26);1H. The quantitative estimate of drug-likeness (QED) is 0.278. The van der Waals surface area contributed by atoms with Crippen LogP contribution in [0.1, 0.15) is 30.5 Å². The number of hydrogen-bond donors (Lipinski definition) is 2. The third-order valence-electron chi connectivity index (χ3n) is 4.69. The minimum absolute atomic E-state index is 0. The fraction of sp³-hybridized carbons (Fsp3) is 0.435. The Morgan fingerprint density at radius 2 is 1.77 bits per heavy atom. The van der Waals surface area contributed by atoms with Crippen molar-refractivity contribution in [1.29, 1.82) is 0 Å². The van der Waals surface area contributed by atoms with Gasteiger partial charge in [0, 0.05) is 31.3 Å². The Labute approximate surface area is 198 Å². The summed E-state index contributed by atoms with van der Waals surface area (Å²) in [5.74, 6) is 2.35. The van der Waals surface area contributed by atoms with Gasteiger partial charge in [-0.25, -0.2) is 4.99 Å². The van der Waals surface area contributed by atoms with E-state index in [4.69, 9.17) is 14.5 Å². The van der Waals surface area contributed by atoms with Crippen molar-refractivity contribution in [3.05, 3.63) is 59.2 Å². The second-order valence-electron chi connectivity index (χ2n) is 6.88. The number of guanidine groups is 1. The van der Waals surface area contributed by atoms with Crippen LogP contribution in [0.4, 0.5) is 0 Å². The third kappa shape index (κ3) is 8.39. The molecule has 166 valence electrons. The van der Waals surface area contributed by atoms with Crippen LogP contribution in [0.5, 0.6) is 11.5 Å². The fourth-order valence-electron chi connectivity index (χ4n) is 2.94. The van der Waals surface area contributed by atoms with Crippen molar-refractivity contribution in [1.82, 2.24) is 15.5 Å². The number of aliphatic imine (C=N–C) groups is 1. The first-order valence-electron chi connectivity index (χ1n) is 10.1. The van der Waals surface area contributed by atoms with Crippen molar-refractivity contribution >= 4 is 29.9 Å². The summed E-state index contributed by atoms with van der Waals surface area (Å²) in [7, 11) is 5.45. The van der Waals surface area contributed by atoms with Gasteiger partial charge in [-0.05, 0) is 43.8 Å². The Kier molecular flexibility index (Phi) is 12.2. The highest BCUT2D eigenvalue weighted by molar-refractivity contribution is 14.0. The van der Waals surface area contributed by atoms with E-state index in [0.717, 1.165) is 42.7 Å². The molecule has 0 aliphatic rings. The SMILES string of the molecule is CCNC(=NCc1cccc(CN(C)CC)c1)NCc1ccc(OC)cc1OC.I. The Bertz CT molecular complexity index is 799. The zero-order valence-corrected chi connectivity index (χ0v) is 21.0. The lowest BCUT2D eigenvalue weighted by Crippen LogP contribution is -2.36. The summed E-state index contributed by atoms with van der Waals surface area (Å²) >= 11 is 0. The van der Waals surface area contributed by atoms with E-state index in [9.17, 15) is 0 Å². The summed E-state index contributed by atoms with van der Waals surface area (Å²) in [6.45, 7) is 8.24. The molecular weight excluding hydrogens is 491 g/mol. The molecule has 2 N–H and O–H groups in total. The number of halogens is 1. The number of nitrogens with one attached hydrogen (secondary N) is 2. The van der Waals surface area contributed by atoms with Crippen LogP contribution in [-0.4, -0.2) is 45.2 Å². The van der Waals surface area contributed by atoms with Crippen LogP contribution in [-0.2, 0) is 19.6 Å². The van der Waals surface area contributed by atoms with Gasteiger partial charge in [-0.15, -0.1) is 24.0 Å². The summed E-state index contributed by atoms with van der Waals surface area (Å²) in [6.07, 6.45) is 0. The second-order valence-corrected chi connectivity index (χ2v) is 6.88. The van der Waals surface area contributed by atoms with E-state index in [1.807, 2.05) is 18.2 Å². The van der Waals surface area contributed by atoms with Gasteiger partial charge in [0.2, 0.25) is 0 Å². The molecule has 7 heteroatoms. The van der Waals surface area contributed by atoms with Crippen molar-refractivity contribution < 1.29 is 9.47 Å². The van der Waals surface area contributed by atoms with E-state index in [1.54, 1.807) is 14.2 Å². The van der Waals surface area contributed by atoms with Crippen molar-refractivity contribution in [2.45, 2.75) is 33.5 Å². The minimum atomic E-state index is 0. The van der Waals surface area contributed by atoms with Gasteiger partial charge < -0.3 is 25.0 Å². The first kappa shape index (κ1) is 26.0. The van der Waals surface area contributed by atoms with Gasteiger partial charge in [0.15, 0.2) is 5.96 Å². The zero-order chi connectivity index (χ0) is 21.1. The molecule has 0 unspecified atom stereocenters. The van der Waals surface area contributed by atoms with Crippen LogP contribution in [0, 0.1) is 0 Å². The van der Waals surface area contributed by atoms with Gasteiger partial charge in [0.05, 0.1) is 20.8 Å². The highest BCUT2D eigenvalue weighted by Gasteiger charge is 2.06. The molecule has 0 aliphatic heterocycles. The minimum Gasteiger partial charge on any atom is -0.497 e. The second kappa shape index (κ2) is 14.1. The van der Waals surface area contributed by atoms with Crippen molar-refractivity contribution in [2.75, 3.05) is 34.4 Å². The average Bonchev–Trinajstić information content (AvgIpc) is 2.75. The molecule has 0 aromatic heterocycles. The van der Waals surface area contributed by atoms with E-state index in [0.29, 0.717) is 13.1 Å². The molecule has 2 aromatic carbocycles. The summed E-state index contributed by atoms with van der Waals surface area (Å²) in [6, 6.07) is 14.4. The molecule has 0 radical (unpaired) electrons. The predicted molar refractivity (Wildman–Crippen MR) is 135 cm³/mol. The van der Waals surface area contributed by atoms with Gasteiger partial charge in [0.25, 0.3) is 0 Å². The highest BCUT2D eigenvalue weighted by Crippen LogP contribution is 2.24. The van der Waals surface area contributed by atoms with Crippen molar-refractivity contribution in [3.8, 4) is 11.5 Å². The van der Waals surface area contributed by atoms with E-state index in [2.05, 4.69) is 60.7 Å². The van der Waals surface area contributed by atoms with Crippen LogP contribution in [0.3, 0.4) is 0 Å². The largest absolute Gasteiger partial charge is 0.497 e. The molecule has 0 atom stereocenters. The third-order valence-corrected chi connectivity index (χ3v) is 4.69. The number of ether oxygens (including phenoxy) is 2. The molecular formula is C23H35IN4O2. The Morgan fingerprint density at radius 1 is 1.00 bits per heavy atom. The molecule has 30 heavy (non-hydrogen) atoms. The van der Waals surface area contributed by atoms with Crippen molar-refractivity contribution in [3.63, 3.8) is 0 Å². The van der Waals surface area contributed by atoms with E-state index < -0.39 is 0 Å². The molecule has 0 bridgehead atoms.